The molecule has 0 radical (unpaired) electrons. The maximum Gasteiger partial charge on any atom is 0.165 e. The van der Waals surface area contributed by atoms with Crippen molar-refractivity contribution in [3.05, 3.63) is 74.8 Å². The Morgan fingerprint density at radius 3 is 2.48 bits per heavy atom. The lowest BCUT2D eigenvalue weighted by Crippen LogP contribution is -2.13. The number of aliphatic imine (C=N–C) groups is 1. The first-order chi connectivity index (χ1) is 12.9. The summed E-state index contributed by atoms with van der Waals surface area (Å²) in [6, 6.07) is 6.32. The third-order valence-electron chi connectivity index (χ3n) is 4.29. The molecule has 0 spiro atoms. The van der Waals surface area contributed by atoms with E-state index in [1.54, 1.807) is 23.7 Å². The Morgan fingerprint density at radius 2 is 1.81 bits per heavy atom. The van der Waals surface area contributed by atoms with Crippen molar-refractivity contribution in [2.45, 2.75) is 19.5 Å². The predicted molar refractivity (Wildman–Crippen MR) is 99.7 cm³/mol. The molecule has 0 aliphatic carbocycles. The lowest BCUT2D eigenvalue weighted by Gasteiger charge is -2.14. The number of nitrogens with zero attached hydrogens (tertiary/aromatic N) is 4. The number of nitrogens with two attached hydrogens (primary N) is 1. The minimum Gasteiger partial charge on any atom is -0.324 e. The Bertz CT molecular complexity index is 1070. The molecule has 1 aliphatic heterocycles. The van der Waals surface area contributed by atoms with Crippen LogP contribution < -0.4 is 5.73 Å². The topological polar surface area (TPSA) is 69.1 Å². The first-order valence-corrected chi connectivity index (χ1v) is 8.84. The molecule has 0 bridgehead atoms. The standard InChI is InChI=1S/C18H13Cl2F2N5/c1-8-18-25-13(7-23)26-27(18)12-6-5-9(19)16(20)15(12)17(24-8)14-10(21)3-2-4-11(14)22/h2-6,8H,7,23H2,1H3. The summed E-state index contributed by atoms with van der Waals surface area (Å²) < 4.78 is 30.6. The summed E-state index contributed by atoms with van der Waals surface area (Å²) in [6.07, 6.45) is 0. The van der Waals surface area contributed by atoms with E-state index in [1.807, 2.05) is 0 Å². The van der Waals surface area contributed by atoms with E-state index in [-0.39, 0.29) is 33.4 Å². The number of halogens is 4. The Kier molecular flexibility index (Phi) is 4.46. The summed E-state index contributed by atoms with van der Waals surface area (Å²) in [7, 11) is 0. The van der Waals surface area contributed by atoms with Gasteiger partial charge in [0.1, 0.15) is 17.7 Å². The molecule has 0 saturated heterocycles. The average molecular weight is 408 g/mol. The van der Waals surface area contributed by atoms with E-state index >= 15 is 0 Å². The molecule has 1 aliphatic rings. The van der Waals surface area contributed by atoms with Crippen molar-refractivity contribution in [1.29, 1.82) is 0 Å². The SMILES string of the molecule is CC1N=C(c2c(F)cccc2F)c2c(ccc(Cl)c2Cl)-n2nc(CN)nc21. The normalized spacial score (nSPS) is 15.8. The highest BCUT2D eigenvalue weighted by Gasteiger charge is 2.30. The molecule has 138 valence electrons. The fourth-order valence-electron chi connectivity index (χ4n) is 3.07. The average Bonchev–Trinajstić information content (AvgIpc) is 3.03. The van der Waals surface area contributed by atoms with Crippen LogP contribution in [0.15, 0.2) is 35.3 Å². The van der Waals surface area contributed by atoms with E-state index < -0.39 is 17.7 Å². The number of fused-ring (bicyclic) bond motifs is 3. The molecule has 2 heterocycles. The lowest BCUT2D eigenvalue weighted by atomic mass is 9.99. The van der Waals surface area contributed by atoms with Gasteiger partial charge in [-0.3, -0.25) is 4.99 Å². The van der Waals surface area contributed by atoms with Gasteiger partial charge < -0.3 is 5.73 Å². The van der Waals surface area contributed by atoms with Gasteiger partial charge in [0.25, 0.3) is 0 Å². The number of aromatic nitrogens is 3. The first kappa shape index (κ1) is 18.0. The van der Waals surface area contributed by atoms with Gasteiger partial charge in [0.05, 0.1) is 33.6 Å². The van der Waals surface area contributed by atoms with Gasteiger partial charge in [0.15, 0.2) is 11.6 Å². The zero-order valence-electron chi connectivity index (χ0n) is 14.0. The summed E-state index contributed by atoms with van der Waals surface area (Å²) in [6.45, 7) is 1.89. The van der Waals surface area contributed by atoms with Crippen LogP contribution >= 0.6 is 23.2 Å². The van der Waals surface area contributed by atoms with Crippen molar-refractivity contribution in [2.24, 2.45) is 10.7 Å². The van der Waals surface area contributed by atoms with Crippen molar-refractivity contribution in [1.82, 2.24) is 14.8 Å². The minimum absolute atomic E-state index is 0.0576. The van der Waals surface area contributed by atoms with Gasteiger partial charge in [0.2, 0.25) is 0 Å². The maximum absolute atomic E-state index is 14.5. The third kappa shape index (κ3) is 2.82. The number of benzene rings is 2. The van der Waals surface area contributed by atoms with Gasteiger partial charge in [-0.15, -0.1) is 5.10 Å². The molecule has 2 N–H and O–H groups in total. The molecular weight excluding hydrogens is 395 g/mol. The summed E-state index contributed by atoms with van der Waals surface area (Å²) >= 11 is 12.6. The second-order valence-corrected chi connectivity index (χ2v) is 6.79. The summed E-state index contributed by atoms with van der Waals surface area (Å²) in [5.74, 6) is -0.595. The maximum atomic E-state index is 14.5. The van der Waals surface area contributed by atoms with Crippen LogP contribution in [0.3, 0.4) is 0 Å². The minimum atomic E-state index is -0.752. The molecular formula is C18H13Cl2F2N5. The van der Waals surface area contributed by atoms with Gasteiger partial charge in [-0.05, 0) is 31.2 Å². The van der Waals surface area contributed by atoms with Crippen LogP contribution in [0, 0.1) is 11.6 Å². The predicted octanol–water partition coefficient (Wildman–Crippen LogP) is 4.22. The van der Waals surface area contributed by atoms with E-state index in [1.165, 1.54) is 6.07 Å². The zero-order valence-corrected chi connectivity index (χ0v) is 15.6. The van der Waals surface area contributed by atoms with Crippen LogP contribution in [-0.2, 0) is 6.54 Å². The van der Waals surface area contributed by atoms with Crippen molar-refractivity contribution in [2.75, 3.05) is 0 Å². The van der Waals surface area contributed by atoms with Gasteiger partial charge in [-0.1, -0.05) is 29.3 Å². The Morgan fingerprint density at radius 1 is 1.11 bits per heavy atom. The third-order valence-corrected chi connectivity index (χ3v) is 5.10. The molecule has 5 nitrogen and oxygen atoms in total. The van der Waals surface area contributed by atoms with Crippen molar-refractivity contribution >= 4 is 28.9 Å². The van der Waals surface area contributed by atoms with Crippen LogP contribution in [-0.4, -0.2) is 20.5 Å². The molecule has 0 fully saturated rings. The molecule has 9 heteroatoms. The van der Waals surface area contributed by atoms with Crippen LogP contribution in [0.1, 0.15) is 35.7 Å². The molecule has 2 aromatic carbocycles. The summed E-state index contributed by atoms with van der Waals surface area (Å²) in [5, 5.41) is 4.74. The molecule has 1 aromatic heterocycles. The van der Waals surface area contributed by atoms with Gasteiger partial charge in [0, 0.05) is 5.56 Å². The lowest BCUT2D eigenvalue weighted by molar-refractivity contribution is 0.578. The quantitative estimate of drug-likeness (QED) is 0.690. The van der Waals surface area contributed by atoms with Crippen LogP contribution in [0.25, 0.3) is 5.69 Å². The second kappa shape index (κ2) is 6.67. The smallest absolute Gasteiger partial charge is 0.165 e. The van der Waals surface area contributed by atoms with Crippen LogP contribution in [0.5, 0.6) is 0 Å². The summed E-state index contributed by atoms with van der Waals surface area (Å²) in [5.41, 5.74) is 6.19. The molecule has 1 unspecified atom stereocenters. The van der Waals surface area contributed by atoms with Gasteiger partial charge >= 0.3 is 0 Å². The first-order valence-electron chi connectivity index (χ1n) is 8.09. The monoisotopic (exact) mass is 407 g/mol. The Labute approximate surface area is 163 Å². The Hall–Kier alpha value is -2.35. The van der Waals surface area contributed by atoms with Crippen LogP contribution in [0.4, 0.5) is 8.78 Å². The van der Waals surface area contributed by atoms with E-state index in [2.05, 4.69) is 15.1 Å². The summed E-state index contributed by atoms with van der Waals surface area (Å²) in [4.78, 5) is 8.92. The number of hydrogen-bond donors (Lipinski definition) is 1. The fourth-order valence-corrected chi connectivity index (χ4v) is 3.48. The number of hydrogen-bond acceptors (Lipinski definition) is 4. The van der Waals surface area contributed by atoms with E-state index in [9.17, 15) is 8.78 Å². The largest absolute Gasteiger partial charge is 0.324 e. The Balaban J connectivity index is 2.10. The molecule has 3 aromatic rings. The van der Waals surface area contributed by atoms with Crippen molar-refractivity contribution < 1.29 is 8.78 Å². The van der Waals surface area contributed by atoms with Crippen LogP contribution in [0.2, 0.25) is 10.0 Å². The van der Waals surface area contributed by atoms with E-state index in [4.69, 9.17) is 28.9 Å². The second-order valence-electron chi connectivity index (χ2n) is 6.01. The molecule has 0 saturated carbocycles. The highest BCUT2D eigenvalue weighted by Crippen LogP contribution is 2.37. The van der Waals surface area contributed by atoms with E-state index in [0.29, 0.717) is 17.3 Å². The van der Waals surface area contributed by atoms with Crippen molar-refractivity contribution in [3.8, 4) is 5.69 Å². The van der Waals surface area contributed by atoms with Gasteiger partial charge in [-0.2, -0.15) is 0 Å². The molecule has 4 rings (SSSR count). The van der Waals surface area contributed by atoms with E-state index in [0.717, 1.165) is 12.1 Å². The van der Waals surface area contributed by atoms with Gasteiger partial charge in [-0.25, -0.2) is 18.4 Å². The highest BCUT2D eigenvalue weighted by molar-refractivity contribution is 6.45. The fraction of sp³-hybridized carbons (Fsp3) is 0.167. The number of rotatable bonds is 2. The molecule has 27 heavy (non-hydrogen) atoms. The highest BCUT2D eigenvalue weighted by atomic mass is 35.5. The zero-order chi connectivity index (χ0) is 19.3. The molecule has 0 amide bonds. The molecule has 1 atom stereocenters. The van der Waals surface area contributed by atoms with Crippen molar-refractivity contribution in [3.63, 3.8) is 0 Å².